The number of carboxylic acids is 1. The number of rotatable bonds is 7. The minimum atomic E-state index is -4.36. The Balaban J connectivity index is 1.86. The van der Waals surface area contributed by atoms with E-state index in [0.29, 0.717) is 5.92 Å². The van der Waals surface area contributed by atoms with Crippen LogP contribution in [0.4, 0.5) is 13.2 Å². The fourth-order valence-electron chi connectivity index (χ4n) is 5.91. The first-order chi connectivity index (χ1) is 15.7. The molecular formula is C27H34F3NO2. The van der Waals surface area contributed by atoms with Crippen LogP contribution < -0.4 is 0 Å². The molecule has 0 saturated heterocycles. The molecule has 1 aromatic heterocycles. The molecule has 2 atom stereocenters. The van der Waals surface area contributed by atoms with Crippen LogP contribution in [0.25, 0.3) is 0 Å². The van der Waals surface area contributed by atoms with Crippen LogP contribution in [-0.2, 0) is 30.2 Å². The SMILES string of the molecule is CC(C)CC[C@H](c1ccc(C(F)(F)F)cc1)n1c2c(c3c1C(CC(=O)O)CCC3)CCCC2. The van der Waals surface area contributed by atoms with Gasteiger partial charge in [-0.25, -0.2) is 0 Å². The highest BCUT2D eigenvalue weighted by atomic mass is 19.4. The van der Waals surface area contributed by atoms with Gasteiger partial charge in [0, 0.05) is 17.3 Å². The van der Waals surface area contributed by atoms with E-state index in [-0.39, 0.29) is 18.4 Å². The van der Waals surface area contributed by atoms with Crippen LogP contribution in [0.2, 0.25) is 0 Å². The van der Waals surface area contributed by atoms with Gasteiger partial charge >= 0.3 is 12.1 Å². The summed E-state index contributed by atoms with van der Waals surface area (Å²) in [4.78, 5) is 11.7. The van der Waals surface area contributed by atoms with E-state index in [1.54, 1.807) is 12.1 Å². The van der Waals surface area contributed by atoms with Gasteiger partial charge in [0.2, 0.25) is 0 Å². The van der Waals surface area contributed by atoms with Gasteiger partial charge in [-0.05, 0) is 92.5 Å². The Labute approximate surface area is 194 Å². The molecule has 2 aliphatic carbocycles. The number of carboxylic acid groups (broad SMARTS) is 1. The van der Waals surface area contributed by atoms with E-state index in [1.807, 2.05) is 0 Å². The van der Waals surface area contributed by atoms with Gasteiger partial charge in [-0.2, -0.15) is 13.2 Å². The van der Waals surface area contributed by atoms with E-state index in [0.717, 1.165) is 69.0 Å². The quantitative estimate of drug-likeness (QED) is 0.470. The van der Waals surface area contributed by atoms with Gasteiger partial charge in [-0.15, -0.1) is 0 Å². The Morgan fingerprint density at radius 2 is 1.70 bits per heavy atom. The summed E-state index contributed by atoms with van der Waals surface area (Å²) in [5.74, 6) is -0.348. The van der Waals surface area contributed by atoms with Gasteiger partial charge in [0.05, 0.1) is 18.0 Å². The topological polar surface area (TPSA) is 42.2 Å². The number of nitrogens with zero attached hydrogens (tertiary/aromatic N) is 1. The van der Waals surface area contributed by atoms with E-state index in [2.05, 4.69) is 18.4 Å². The number of fused-ring (bicyclic) bond motifs is 3. The normalized spacial score (nSPS) is 19.3. The van der Waals surface area contributed by atoms with Crippen molar-refractivity contribution in [3.63, 3.8) is 0 Å². The molecule has 0 bridgehead atoms. The predicted octanol–water partition coefficient (Wildman–Crippen LogP) is 7.31. The molecule has 0 fully saturated rings. The maximum Gasteiger partial charge on any atom is 0.416 e. The summed E-state index contributed by atoms with van der Waals surface area (Å²) in [5, 5.41) is 9.61. The maximum atomic E-state index is 13.2. The standard InChI is InChI=1S/C27H34F3NO2/c1-17(2)10-15-23(18-11-13-20(14-12-18)27(28,29)30)31-24-9-4-3-7-21(24)22-8-5-6-19(26(22)31)16-25(32)33/h11-14,17,19,23H,3-10,15-16H2,1-2H3,(H,32,33)/t19?,23-/m1/s1. The number of aromatic nitrogens is 1. The summed E-state index contributed by atoms with van der Waals surface area (Å²) in [7, 11) is 0. The maximum absolute atomic E-state index is 13.2. The predicted molar refractivity (Wildman–Crippen MR) is 123 cm³/mol. The minimum absolute atomic E-state index is 0.0344. The van der Waals surface area contributed by atoms with Crippen molar-refractivity contribution in [2.75, 3.05) is 0 Å². The van der Waals surface area contributed by atoms with Crippen molar-refractivity contribution in [1.29, 1.82) is 0 Å². The van der Waals surface area contributed by atoms with E-state index >= 15 is 0 Å². The minimum Gasteiger partial charge on any atom is -0.481 e. The van der Waals surface area contributed by atoms with Crippen LogP contribution in [0.15, 0.2) is 24.3 Å². The number of halogens is 3. The monoisotopic (exact) mass is 461 g/mol. The molecule has 1 heterocycles. The molecular weight excluding hydrogens is 427 g/mol. The second-order valence-corrected chi connectivity index (χ2v) is 10.2. The van der Waals surface area contributed by atoms with E-state index in [1.165, 1.54) is 29.0 Å². The van der Waals surface area contributed by atoms with Crippen LogP contribution >= 0.6 is 0 Å². The summed E-state index contributed by atoms with van der Waals surface area (Å²) < 4.78 is 42.0. The Hall–Kier alpha value is -2.24. The summed E-state index contributed by atoms with van der Waals surface area (Å²) >= 11 is 0. The van der Waals surface area contributed by atoms with Crippen molar-refractivity contribution in [2.45, 2.75) is 96.2 Å². The van der Waals surface area contributed by atoms with E-state index < -0.39 is 17.7 Å². The number of aliphatic carboxylic acids is 1. The summed E-state index contributed by atoms with van der Waals surface area (Å²) in [6, 6.07) is 5.57. The number of alkyl halides is 3. The first-order valence-corrected chi connectivity index (χ1v) is 12.3. The summed E-state index contributed by atoms with van der Waals surface area (Å²) in [6.45, 7) is 4.33. The van der Waals surface area contributed by atoms with Crippen molar-refractivity contribution in [3.8, 4) is 0 Å². The average molecular weight is 462 g/mol. The lowest BCUT2D eigenvalue weighted by atomic mass is 9.82. The number of carbonyl (C=O) groups is 1. The van der Waals surface area contributed by atoms with Gasteiger partial charge in [0.1, 0.15) is 0 Å². The molecule has 1 aromatic carbocycles. The molecule has 1 unspecified atom stereocenters. The zero-order valence-electron chi connectivity index (χ0n) is 19.5. The van der Waals surface area contributed by atoms with Crippen molar-refractivity contribution in [1.82, 2.24) is 4.57 Å². The van der Waals surface area contributed by atoms with Crippen LogP contribution in [0.5, 0.6) is 0 Å². The van der Waals surface area contributed by atoms with Crippen molar-refractivity contribution in [3.05, 3.63) is 57.9 Å². The largest absolute Gasteiger partial charge is 0.481 e. The van der Waals surface area contributed by atoms with Gasteiger partial charge in [-0.3, -0.25) is 4.79 Å². The highest BCUT2D eigenvalue weighted by Gasteiger charge is 2.36. The molecule has 0 aliphatic heterocycles. The van der Waals surface area contributed by atoms with Gasteiger partial charge in [0.25, 0.3) is 0 Å². The van der Waals surface area contributed by atoms with Crippen LogP contribution in [0.3, 0.4) is 0 Å². The first kappa shape index (κ1) is 23.9. The van der Waals surface area contributed by atoms with Gasteiger partial charge in [-0.1, -0.05) is 26.0 Å². The highest BCUT2D eigenvalue weighted by molar-refractivity contribution is 5.68. The number of hydrogen-bond donors (Lipinski definition) is 1. The molecule has 6 heteroatoms. The number of benzene rings is 1. The molecule has 0 spiro atoms. The zero-order valence-corrected chi connectivity index (χ0v) is 19.5. The smallest absolute Gasteiger partial charge is 0.416 e. The molecule has 2 aromatic rings. The fourth-order valence-corrected chi connectivity index (χ4v) is 5.91. The Morgan fingerprint density at radius 3 is 2.33 bits per heavy atom. The van der Waals surface area contributed by atoms with Gasteiger partial charge in [0.15, 0.2) is 0 Å². The zero-order chi connectivity index (χ0) is 23.8. The number of hydrogen-bond acceptors (Lipinski definition) is 1. The molecule has 2 aliphatic rings. The lowest BCUT2D eigenvalue weighted by Crippen LogP contribution is -2.23. The lowest BCUT2D eigenvalue weighted by Gasteiger charge is -2.31. The fraction of sp³-hybridized carbons (Fsp3) is 0.593. The van der Waals surface area contributed by atoms with Crippen molar-refractivity contribution in [2.24, 2.45) is 5.92 Å². The average Bonchev–Trinajstić information content (AvgIpc) is 3.09. The third-order valence-corrected chi connectivity index (χ3v) is 7.40. The molecule has 0 amide bonds. The molecule has 4 rings (SSSR count). The molecule has 1 N–H and O–H groups in total. The Morgan fingerprint density at radius 1 is 1.03 bits per heavy atom. The van der Waals surface area contributed by atoms with Crippen molar-refractivity contribution >= 4 is 5.97 Å². The second-order valence-electron chi connectivity index (χ2n) is 10.2. The van der Waals surface area contributed by atoms with Crippen molar-refractivity contribution < 1.29 is 23.1 Å². The first-order valence-electron chi connectivity index (χ1n) is 12.3. The molecule has 0 radical (unpaired) electrons. The van der Waals surface area contributed by atoms with E-state index in [9.17, 15) is 23.1 Å². The van der Waals surface area contributed by atoms with Crippen LogP contribution in [0.1, 0.15) is 104 Å². The summed E-state index contributed by atoms with van der Waals surface area (Å²) in [6.07, 6.45) is 4.59. The van der Waals surface area contributed by atoms with E-state index in [4.69, 9.17) is 0 Å². The second kappa shape index (κ2) is 9.55. The Kier molecular flexibility index (Phi) is 6.92. The third-order valence-electron chi connectivity index (χ3n) is 7.40. The molecule has 0 saturated carbocycles. The van der Waals surface area contributed by atoms with Crippen LogP contribution in [0, 0.1) is 5.92 Å². The molecule has 33 heavy (non-hydrogen) atoms. The summed E-state index contributed by atoms with van der Waals surface area (Å²) in [5.41, 5.74) is 5.45. The Bertz CT molecular complexity index is 988. The highest BCUT2D eigenvalue weighted by Crippen LogP contribution is 2.45. The third kappa shape index (κ3) is 4.99. The lowest BCUT2D eigenvalue weighted by molar-refractivity contribution is -0.138. The van der Waals surface area contributed by atoms with Crippen LogP contribution in [-0.4, -0.2) is 15.6 Å². The van der Waals surface area contributed by atoms with Gasteiger partial charge < -0.3 is 9.67 Å². The molecule has 3 nitrogen and oxygen atoms in total. The molecule has 180 valence electrons.